The number of aliphatic carboxylic acids is 2. The second-order valence-corrected chi connectivity index (χ2v) is 10.3. The zero-order valence-corrected chi connectivity index (χ0v) is 23.5. The van der Waals surface area contributed by atoms with E-state index in [4.69, 9.17) is 10.2 Å². The number of benzene rings is 2. The van der Waals surface area contributed by atoms with Crippen molar-refractivity contribution in [3.05, 3.63) is 114 Å². The number of nitrogens with one attached hydrogen (secondary N) is 1. The molecule has 4 N–H and O–H groups in total. The zero-order chi connectivity index (χ0) is 30.9. The fourth-order valence-corrected chi connectivity index (χ4v) is 5.35. The molecule has 224 valence electrons. The number of aromatic nitrogens is 1. The first-order valence-electron chi connectivity index (χ1n) is 13.9. The lowest BCUT2D eigenvalue weighted by molar-refractivity contribution is -0.134. The topological polar surface area (TPSA) is 160 Å². The van der Waals surface area contributed by atoms with Crippen LogP contribution >= 0.6 is 0 Å². The molecule has 2 aliphatic heterocycles. The van der Waals surface area contributed by atoms with E-state index < -0.39 is 29.1 Å². The predicted octanol–water partition coefficient (Wildman–Crippen LogP) is 2.96. The SMILES string of the molecule is O=C(O)C=CC(=O)O.O=C1NC(c2ccccc2)(c2ccccn2)C(=O)N1CCCN1CCC(O)(c2ccccc2)CC1. The summed E-state index contributed by atoms with van der Waals surface area (Å²) in [7, 11) is 0. The van der Waals surface area contributed by atoms with Crippen LogP contribution in [0, 0.1) is 0 Å². The highest BCUT2D eigenvalue weighted by Gasteiger charge is 2.54. The fraction of sp³-hybridized carbons (Fsp3) is 0.281. The number of rotatable bonds is 9. The molecule has 2 fully saturated rings. The molecular formula is C32H34N4O7. The second kappa shape index (κ2) is 13.9. The van der Waals surface area contributed by atoms with Crippen molar-refractivity contribution in [2.24, 2.45) is 0 Å². The number of hydrogen-bond acceptors (Lipinski definition) is 7. The largest absolute Gasteiger partial charge is 0.478 e. The molecule has 1 atom stereocenters. The molecule has 1 aromatic heterocycles. The summed E-state index contributed by atoms with van der Waals surface area (Å²) in [6.07, 6.45) is 4.74. The molecule has 0 spiro atoms. The number of amides is 3. The highest BCUT2D eigenvalue weighted by atomic mass is 16.4. The highest BCUT2D eigenvalue weighted by molar-refractivity contribution is 6.09. The van der Waals surface area contributed by atoms with Crippen LogP contribution in [0.2, 0.25) is 0 Å². The molecule has 3 aromatic rings. The van der Waals surface area contributed by atoms with Crippen LogP contribution in [0.5, 0.6) is 0 Å². The molecule has 2 aliphatic rings. The average Bonchev–Trinajstić information content (AvgIpc) is 3.28. The molecule has 2 aromatic carbocycles. The quantitative estimate of drug-likeness (QED) is 0.218. The van der Waals surface area contributed by atoms with Crippen LogP contribution in [0.15, 0.2) is 97.2 Å². The van der Waals surface area contributed by atoms with Gasteiger partial charge in [0.2, 0.25) is 0 Å². The van der Waals surface area contributed by atoms with Crippen molar-refractivity contribution in [3.8, 4) is 0 Å². The lowest BCUT2D eigenvalue weighted by Gasteiger charge is -2.38. The zero-order valence-electron chi connectivity index (χ0n) is 23.5. The predicted molar refractivity (Wildman–Crippen MR) is 157 cm³/mol. The smallest absolute Gasteiger partial charge is 0.328 e. The van der Waals surface area contributed by atoms with E-state index in [1.807, 2.05) is 66.7 Å². The summed E-state index contributed by atoms with van der Waals surface area (Å²) in [5.74, 6) is -2.82. The number of pyridine rings is 1. The van der Waals surface area contributed by atoms with Gasteiger partial charge in [-0.2, -0.15) is 0 Å². The number of hydrogen-bond donors (Lipinski definition) is 4. The number of carboxylic acid groups (broad SMARTS) is 2. The maximum Gasteiger partial charge on any atom is 0.328 e. The molecule has 0 saturated carbocycles. The van der Waals surface area contributed by atoms with Gasteiger partial charge in [-0.25, -0.2) is 14.4 Å². The van der Waals surface area contributed by atoms with Crippen molar-refractivity contribution in [2.45, 2.75) is 30.4 Å². The Morgan fingerprint density at radius 1 is 0.814 bits per heavy atom. The molecule has 2 saturated heterocycles. The van der Waals surface area contributed by atoms with Gasteiger partial charge in [-0.1, -0.05) is 66.7 Å². The molecule has 0 radical (unpaired) electrons. The Hall–Kier alpha value is -4.87. The molecule has 43 heavy (non-hydrogen) atoms. The number of piperidine rings is 1. The Balaban J connectivity index is 0.000000467. The van der Waals surface area contributed by atoms with Gasteiger partial charge in [-0.15, -0.1) is 0 Å². The van der Waals surface area contributed by atoms with Gasteiger partial charge in [0.25, 0.3) is 5.91 Å². The van der Waals surface area contributed by atoms with E-state index in [1.54, 1.807) is 18.3 Å². The van der Waals surface area contributed by atoms with Gasteiger partial charge in [0.05, 0.1) is 11.3 Å². The Morgan fingerprint density at radius 3 is 1.91 bits per heavy atom. The molecule has 0 aliphatic carbocycles. The number of carboxylic acids is 2. The third-order valence-electron chi connectivity index (χ3n) is 7.58. The standard InChI is InChI=1S/C28H30N4O3.C4H4O4/c33-25-28(23-12-5-2-6-13-23,24-14-7-8-17-29-24)30-26(34)32(25)19-9-18-31-20-15-27(35,16-21-31)22-10-3-1-4-11-22;5-3(6)1-2-4(7)8/h1-8,10-14,17,35H,9,15-16,18-21H2,(H,30,34);1-2H,(H,5,6)(H,7,8). The minimum atomic E-state index is -1.32. The highest BCUT2D eigenvalue weighted by Crippen LogP contribution is 2.35. The van der Waals surface area contributed by atoms with E-state index in [9.17, 15) is 24.3 Å². The minimum absolute atomic E-state index is 0.301. The van der Waals surface area contributed by atoms with Crippen LogP contribution in [0.25, 0.3) is 0 Å². The summed E-state index contributed by atoms with van der Waals surface area (Å²) < 4.78 is 0. The van der Waals surface area contributed by atoms with E-state index in [2.05, 4.69) is 15.2 Å². The van der Waals surface area contributed by atoms with Crippen LogP contribution in [0.4, 0.5) is 4.79 Å². The molecule has 0 bridgehead atoms. The summed E-state index contributed by atoms with van der Waals surface area (Å²) >= 11 is 0. The molecule has 11 nitrogen and oxygen atoms in total. The van der Waals surface area contributed by atoms with Crippen molar-refractivity contribution in [2.75, 3.05) is 26.2 Å². The maximum atomic E-state index is 13.7. The lowest BCUT2D eigenvalue weighted by atomic mass is 9.84. The van der Waals surface area contributed by atoms with Gasteiger partial charge in [-0.05, 0) is 49.1 Å². The maximum absolute atomic E-state index is 13.7. The van der Waals surface area contributed by atoms with Crippen molar-refractivity contribution >= 4 is 23.9 Å². The summed E-state index contributed by atoms with van der Waals surface area (Å²) in [4.78, 5) is 53.8. The number of imide groups is 1. The van der Waals surface area contributed by atoms with Crippen LogP contribution in [-0.2, 0) is 25.5 Å². The average molecular weight is 587 g/mol. The van der Waals surface area contributed by atoms with Crippen LogP contribution < -0.4 is 5.32 Å². The van der Waals surface area contributed by atoms with Crippen molar-refractivity contribution in [1.29, 1.82) is 0 Å². The van der Waals surface area contributed by atoms with Crippen LogP contribution in [0.3, 0.4) is 0 Å². The minimum Gasteiger partial charge on any atom is -0.478 e. The summed E-state index contributed by atoms with van der Waals surface area (Å²) in [6.45, 7) is 2.62. The number of nitrogens with zero attached hydrogens (tertiary/aromatic N) is 3. The summed E-state index contributed by atoms with van der Waals surface area (Å²) in [5, 5.41) is 29.6. The first kappa shape index (κ1) is 31.1. The Labute approximate surface area is 249 Å². The summed E-state index contributed by atoms with van der Waals surface area (Å²) in [5.41, 5.74) is 0.0436. The molecule has 11 heteroatoms. The second-order valence-electron chi connectivity index (χ2n) is 10.3. The van der Waals surface area contributed by atoms with E-state index in [0.717, 1.165) is 25.2 Å². The Bertz CT molecular complexity index is 1380. The number of aliphatic hydroxyl groups is 1. The van der Waals surface area contributed by atoms with Crippen molar-refractivity contribution < 1.29 is 34.5 Å². The first-order chi connectivity index (χ1) is 20.7. The number of carbonyl (C=O) groups is 4. The lowest BCUT2D eigenvalue weighted by Crippen LogP contribution is -2.46. The first-order valence-corrected chi connectivity index (χ1v) is 13.9. The van der Waals surface area contributed by atoms with E-state index in [1.165, 1.54) is 4.90 Å². The van der Waals surface area contributed by atoms with E-state index in [0.29, 0.717) is 49.2 Å². The van der Waals surface area contributed by atoms with Gasteiger partial charge >= 0.3 is 18.0 Å². The van der Waals surface area contributed by atoms with Crippen LogP contribution in [0.1, 0.15) is 36.1 Å². The molecule has 1 unspecified atom stereocenters. The van der Waals surface area contributed by atoms with Gasteiger partial charge < -0.3 is 25.5 Å². The monoisotopic (exact) mass is 586 g/mol. The molecule has 3 amide bonds. The number of likely N-dealkylation sites (tertiary alicyclic amines) is 1. The summed E-state index contributed by atoms with van der Waals surface area (Å²) in [6, 6.07) is 24.1. The number of urea groups is 1. The third kappa shape index (κ3) is 7.32. The molecule has 5 rings (SSSR count). The van der Waals surface area contributed by atoms with E-state index >= 15 is 0 Å². The van der Waals surface area contributed by atoms with Gasteiger partial charge in [0.15, 0.2) is 5.54 Å². The van der Waals surface area contributed by atoms with Crippen molar-refractivity contribution in [1.82, 2.24) is 20.1 Å². The van der Waals surface area contributed by atoms with Crippen molar-refractivity contribution in [3.63, 3.8) is 0 Å². The van der Waals surface area contributed by atoms with Gasteiger partial charge in [-0.3, -0.25) is 14.7 Å². The Morgan fingerprint density at radius 2 is 1.37 bits per heavy atom. The Kier molecular flexibility index (Phi) is 10.0. The molecule has 3 heterocycles. The molecular weight excluding hydrogens is 552 g/mol. The third-order valence-corrected chi connectivity index (χ3v) is 7.58. The van der Waals surface area contributed by atoms with Gasteiger partial charge in [0.1, 0.15) is 0 Å². The van der Waals surface area contributed by atoms with E-state index in [-0.39, 0.29) is 5.91 Å². The normalized spacial score (nSPS) is 19.9. The number of carbonyl (C=O) groups excluding carboxylic acids is 2. The van der Waals surface area contributed by atoms with Crippen LogP contribution in [-0.4, -0.2) is 80.2 Å². The fourth-order valence-electron chi connectivity index (χ4n) is 5.35. The van der Waals surface area contributed by atoms with Gasteiger partial charge in [0, 0.05) is 38.0 Å².